The van der Waals surface area contributed by atoms with Gasteiger partial charge in [-0.05, 0) is 57.2 Å². The van der Waals surface area contributed by atoms with Crippen LogP contribution in [0.25, 0.3) is 11.4 Å². The third-order valence-electron chi connectivity index (χ3n) is 8.20. The van der Waals surface area contributed by atoms with Crippen LogP contribution in [-0.2, 0) is 31.2 Å². The lowest BCUT2D eigenvalue weighted by molar-refractivity contribution is -0.122. The number of benzene rings is 2. The first kappa shape index (κ1) is 30.0. The zero-order valence-corrected chi connectivity index (χ0v) is 25.7. The van der Waals surface area contributed by atoms with E-state index in [4.69, 9.17) is 14.8 Å². The van der Waals surface area contributed by atoms with Crippen molar-refractivity contribution in [3.8, 4) is 17.1 Å². The number of hydrogen-bond acceptors (Lipinski definition) is 7. The van der Waals surface area contributed by atoms with Crippen LogP contribution in [-0.4, -0.2) is 73.4 Å². The molecule has 45 heavy (non-hydrogen) atoms. The standard InChI is InChI=1S/C33H38N8O4/c1-22-31-36-30(23-10-4-3-5-11-23)38-41(31)18-19-45-25-13-8-12-24(20-25)32(43)34-16-9-17-40(21-28(42)35-22)33(44)29-26-14-6-7-15-27(26)37-39(29)2/h3-5,8,10-13,20,22H,6-7,9,14-19,21H2,1-2H3,(H,34,43)(H,35,42)/t22-/m0/s1. The molecule has 12 nitrogen and oxygen atoms in total. The Morgan fingerprint density at radius 1 is 0.956 bits per heavy atom. The van der Waals surface area contributed by atoms with Crippen molar-refractivity contribution < 1.29 is 19.1 Å². The van der Waals surface area contributed by atoms with E-state index in [-0.39, 0.29) is 37.4 Å². The summed E-state index contributed by atoms with van der Waals surface area (Å²) in [5, 5.41) is 15.3. The van der Waals surface area contributed by atoms with Gasteiger partial charge in [0.1, 0.15) is 23.9 Å². The summed E-state index contributed by atoms with van der Waals surface area (Å²) in [6, 6.07) is 16.2. The van der Waals surface area contributed by atoms with Gasteiger partial charge in [0.25, 0.3) is 11.8 Å². The number of aromatic nitrogens is 5. The van der Waals surface area contributed by atoms with Gasteiger partial charge in [0, 0.05) is 36.8 Å². The lowest BCUT2D eigenvalue weighted by Crippen LogP contribution is -2.43. The minimum atomic E-state index is -0.495. The molecule has 0 saturated carbocycles. The molecule has 2 aromatic carbocycles. The predicted molar refractivity (Wildman–Crippen MR) is 167 cm³/mol. The molecule has 2 aliphatic rings. The van der Waals surface area contributed by atoms with E-state index < -0.39 is 6.04 Å². The molecule has 1 aliphatic carbocycles. The van der Waals surface area contributed by atoms with Crippen LogP contribution in [0.2, 0.25) is 0 Å². The largest absolute Gasteiger partial charge is 0.492 e. The molecule has 234 valence electrons. The summed E-state index contributed by atoms with van der Waals surface area (Å²) in [4.78, 5) is 46.8. The lowest BCUT2D eigenvalue weighted by atomic mass is 9.95. The molecule has 2 bridgehead atoms. The number of nitrogens with one attached hydrogen (secondary N) is 2. The number of ether oxygens (including phenoxy) is 1. The fourth-order valence-corrected chi connectivity index (χ4v) is 5.98. The smallest absolute Gasteiger partial charge is 0.272 e. The predicted octanol–water partition coefficient (Wildman–Crippen LogP) is 3.09. The third kappa shape index (κ3) is 6.74. The fraction of sp³-hybridized carbons (Fsp3) is 0.394. The van der Waals surface area contributed by atoms with E-state index >= 15 is 0 Å². The Morgan fingerprint density at radius 3 is 2.60 bits per heavy atom. The Kier molecular flexibility index (Phi) is 8.90. The lowest BCUT2D eigenvalue weighted by Gasteiger charge is -2.24. The summed E-state index contributed by atoms with van der Waals surface area (Å²) in [7, 11) is 1.78. The Morgan fingerprint density at radius 2 is 1.76 bits per heavy atom. The number of carbonyl (C=O) groups is 3. The van der Waals surface area contributed by atoms with Gasteiger partial charge in [0.15, 0.2) is 5.82 Å². The SMILES string of the molecule is C[C@@H]1NC(=O)CN(C(=O)c2c3c(nn2C)CCCC3)CCCNC(=O)c2cccc(c2)OCCn2nc(-c3ccccc3)nc21. The molecule has 0 unspecified atom stereocenters. The first-order chi connectivity index (χ1) is 21.9. The first-order valence-corrected chi connectivity index (χ1v) is 15.5. The summed E-state index contributed by atoms with van der Waals surface area (Å²) in [6.07, 6.45) is 4.15. The average molecular weight is 611 g/mol. The van der Waals surface area contributed by atoms with Crippen molar-refractivity contribution in [2.75, 3.05) is 26.2 Å². The molecule has 0 spiro atoms. The zero-order valence-electron chi connectivity index (χ0n) is 25.7. The molecule has 3 amide bonds. The normalized spacial score (nSPS) is 18.0. The summed E-state index contributed by atoms with van der Waals surface area (Å²) in [5.74, 6) is 0.868. The van der Waals surface area contributed by atoms with E-state index in [1.165, 1.54) is 0 Å². The number of carbonyl (C=O) groups excluding carboxylic acids is 3. The first-order valence-electron chi connectivity index (χ1n) is 15.5. The minimum absolute atomic E-state index is 0.151. The summed E-state index contributed by atoms with van der Waals surface area (Å²) >= 11 is 0. The van der Waals surface area contributed by atoms with Gasteiger partial charge in [-0.1, -0.05) is 36.4 Å². The van der Waals surface area contributed by atoms with Crippen LogP contribution in [0.1, 0.15) is 70.2 Å². The van der Waals surface area contributed by atoms with Gasteiger partial charge in [-0.15, -0.1) is 0 Å². The van der Waals surface area contributed by atoms with Gasteiger partial charge in [-0.25, -0.2) is 9.67 Å². The Labute approximate surface area is 261 Å². The number of amides is 3. The third-order valence-corrected chi connectivity index (χ3v) is 8.20. The zero-order chi connectivity index (χ0) is 31.3. The van der Waals surface area contributed by atoms with Crippen molar-refractivity contribution in [1.82, 2.24) is 40.1 Å². The van der Waals surface area contributed by atoms with Gasteiger partial charge < -0.3 is 20.3 Å². The molecule has 1 atom stereocenters. The maximum Gasteiger partial charge on any atom is 0.272 e. The maximum absolute atomic E-state index is 14.0. The highest BCUT2D eigenvalue weighted by Gasteiger charge is 2.29. The molecular formula is C33H38N8O4. The van der Waals surface area contributed by atoms with E-state index in [0.717, 1.165) is 42.5 Å². The van der Waals surface area contributed by atoms with Gasteiger partial charge in [-0.2, -0.15) is 10.2 Å². The molecule has 4 aromatic rings. The molecule has 3 heterocycles. The van der Waals surface area contributed by atoms with E-state index in [2.05, 4.69) is 15.7 Å². The number of fused-ring (bicyclic) bond motifs is 4. The van der Waals surface area contributed by atoms with Crippen molar-refractivity contribution in [1.29, 1.82) is 0 Å². The van der Waals surface area contributed by atoms with Gasteiger partial charge in [0.2, 0.25) is 5.91 Å². The molecule has 0 fully saturated rings. The highest BCUT2D eigenvalue weighted by Crippen LogP contribution is 2.25. The second-order valence-electron chi connectivity index (χ2n) is 11.5. The van der Waals surface area contributed by atoms with E-state index in [9.17, 15) is 14.4 Å². The van der Waals surface area contributed by atoms with Crippen LogP contribution in [0, 0.1) is 0 Å². The minimum Gasteiger partial charge on any atom is -0.492 e. The van der Waals surface area contributed by atoms with Crippen LogP contribution in [0.3, 0.4) is 0 Å². The average Bonchev–Trinajstić information content (AvgIpc) is 3.63. The Bertz CT molecular complexity index is 1700. The van der Waals surface area contributed by atoms with Crippen molar-refractivity contribution in [2.24, 2.45) is 7.05 Å². The van der Waals surface area contributed by atoms with Crippen LogP contribution in [0.5, 0.6) is 5.75 Å². The monoisotopic (exact) mass is 610 g/mol. The maximum atomic E-state index is 14.0. The Hall–Kier alpha value is -5.00. The van der Waals surface area contributed by atoms with Crippen molar-refractivity contribution in [3.63, 3.8) is 0 Å². The fourth-order valence-electron chi connectivity index (χ4n) is 5.98. The van der Waals surface area contributed by atoms with E-state index in [1.54, 1.807) is 45.6 Å². The molecule has 2 aromatic heterocycles. The molecular weight excluding hydrogens is 572 g/mol. The topological polar surface area (TPSA) is 136 Å². The second-order valence-corrected chi connectivity index (χ2v) is 11.5. The van der Waals surface area contributed by atoms with Crippen LogP contribution in [0.4, 0.5) is 0 Å². The van der Waals surface area contributed by atoms with Crippen molar-refractivity contribution in [2.45, 2.75) is 51.6 Å². The van der Waals surface area contributed by atoms with E-state index in [0.29, 0.717) is 48.2 Å². The summed E-state index contributed by atoms with van der Waals surface area (Å²) in [6.45, 7) is 2.95. The quantitative estimate of drug-likeness (QED) is 0.356. The van der Waals surface area contributed by atoms with Gasteiger partial charge >= 0.3 is 0 Å². The molecule has 1 aliphatic heterocycles. The summed E-state index contributed by atoms with van der Waals surface area (Å²) < 4.78 is 9.37. The van der Waals surface area contributed by atoms with Crippen molar-refractivity contribution >= 4 is 17.7 Å². The Balaban J connectivity index is 1.30. The van der Waals surface area contributed by atoms with Gasteiger partial charge in [-0.3, -0.25) is 19.1 Å². The number of hydrogen-bond donors (Lipinski definition) is 2. The second kappa shape index (κ2) is 13.3. The highest BCUT2D eigenvalue weighted by molar-refractivity contribution is 5.97. The number of nitrogens with zero attached hydrogens (tertiary/aromatic N) is 6. The van der Waals surface area contributed by atoms with Gasteiger partial charge in [0.05, 0.1) is 24.8 Å². The van der Waals surface area contributed by atoms with Crippen LogP contribution in [0.15, 0.2) is 54.6 Å². The number of rotatable bonds is 2. The van der Waals surface area contributed by atoms with Crippen molar-refractivity contribution in [3.05, 3.63) is 82.9 Å². The molecule has 0 saturated heterocycles. The molecule has 12 heteroatoms. The molecule has 0 radical (unpaired) electrons. The van der Waals surface area contributed by atoms with Crippen LogP contribution >= 0.6 is 0 Å². The van der Waals surface area contributed by atoms with E-state index in [1.807, 2.05) is 37.3 Å². The molecule has 2 N–H and O–H groups in total. The molecule has 6 rings (SSSR count). The highest BCUT2D eigenvalue weighted by atomic mass is 16.5. The van der Waals surface area contributed by atoms with Crippen LogP contribution < -0.4 is 15.4 Å². The number of aryl methyl sites for hydroxylation is 2. The summed E-state index contributed by atoms with van der Waals surface area (Å²) in [5.41, 5.74) is 3.78.